The van der Waals surface area contributed by atoms with Gasteiger partial charge in [0.2, 0.25) is 0 Å². The summed E-state index contributed by atoms with van der Waals surface area (Å²) in [6, 6.07) is 4.52. The number of aryl methyl sites for hydroxylation is 1. The molecule has 0 fully saturated rings. The minimum atomic E-state index is -0.895. The standard InChI is InChI=1S/C12H12BrFN2O/c1-16-5-4-15-12(16)7-11(17)9-6-8(13)2-3-10(9)14/h2-6,11,17H,7H2,1H3. The summed E-state index contributed by atoms with van der Waals surface area (Å²) >= 11 is 3.26. The molecule has 0 saturated heterocycles. The van der Waals surface area contributed by atoms with Gasteiger partial charge in [-0.25, -0.2) is 9.37 Å². The van der Waals surface area contributed by atoms with Gasteiger partial charge in [0.25, 0.3) is 0 Å². The van der Waals surface area contributed by atoms with E-state index in [9.17, 15) is 9.50 Å². The molecular formula is C12H12BrFN2O. The molecule has 3 nitrogen and oxygen atoms in total. The largest absolute Gasteiger partial charge is 0.388 e. The lowest BCUT2D eigenvalue weighted by Gasteiger charge is -2.12. The van der Waals surface area contributed by atoms with Crippen molar-refractivity contribution in [2.45, 2.75) is 12.5 Å². The van der Waals surface area contributed by atoms with Gasteiger partial charge in [-0.15, -0.1) is 0 Å². The van der Waals surface area contributed by atoms with Gasteiger partial charge in [0.15, 0.2) is 0 Å². The zero-order chi connectivity index (χ0) is 12.4. The fraction of sp³-hybridized carbons (Fsp3) is 0.250. The third-order valence-electron chi connectivity index (χ3n) is 2.61. The summed E-state index contributed by atoms with van der Waals surface area (Å²) in [6.45, 7) is 0. The maximum absolute atomic E-state index is 13.5. The summed E-state index contributed by atoms with van der Waals surface area (Å²) in [6.07, 6.45) is 2.84. The second-order valence-corrected chi connectivity index (χ2v) is 4.76. The molecule has 17 heavy (non-hydrogen) atoms. The van der Waals surface area contributed by atoms with Crippen molar-refractivity contribution in [3.63, 3.8) is 0 Å². The first kappa shape index (κ1) is 12.3. The number of aliphatic hydroxyl groups excluding tert-OH is 1. The average molecular weight is 299 g/mol. The number of hydrogen-bond acceptors (Lipinski definition) is 2. The van der Waals surface area contributed by atoms with Crippen LogP contribution in [0.1, 0.15) is 17.5 Å². The minimum absolute atomic E-state index is 0.280. The van der Waals surface area contributed by atoms with Crippen LogP contribution in [0.25, 0.3) is 0 Å². The van der Waals surface area contributed by atoms with Gasteiger partial charge in [-0.2, -0.15) is 0 Å². The van der Waals surface area contributed by atoms with Crippen molar-refractivity contribution in [2.24, 2.45) is 7.05 Å². The van der Waals surface area contributed by atoms with E-state index in [0.29, 0.717) is 0 Å². The molecule has 1 atom stereocenters. The molecule has 0 amide bonds. The first-order chi connectivity index (χ1) is 8.08. The predicted molar refractivity (Wildman–Crippen MR) is 66.0 cm³/mol. The van der Waals surface area contributed by atoms with Crippen molar-refractivity contribution >= 4 is 15.9 Å². The molecular weight excluding hydrogens is 287 g/mol. The number of imidazole rings is 1. The number of aromatic nitrogens is 2. The summed E-state index contributed by atoms with van der Waals surface area (Å²) in [5.74, 6) is 0.312. The molecule has 2 aromatic rings. The maximum Gasteiger partial charge on any atom is 0.129 e. The van der Waals surface area contributed by atoms with Crippen LogP contribution in [-0.4, -0.2) is 14.7 Å². The number of halogens is 2. The van der Waals surface area contributed by atoms with Gasteiger partial charge < -0.3 is 9.67 Å². The zero-order valence-corrected chi connectivity index (χ0v) is 10.9. The topological polar surface area (TPSA) is 38.0 Å². The van der Waals surface area contributed by atoms with Crippen LogP contribution in [0.4, 0.5) is 4.39 Å². The molecule has 5 heteroatoms. The Balaban J connectivity index is 2.23. The first-order valence-electron chi connectivity index (χ1n) is 5.17. The highest BCUT2D eigenvalue weighted by atomic mass is 79.9. The van der Waals surface area contributed by atoms with Crippen molar-refractivity contribution in [2.75, 3.05) is 0 Å². The van der Waals surface area contributed by atoms with Crippen LogP contribution in [0.15, 0.2) is 35.1 Å². The lowest BCUT2D eigenvalue weighted by atomic mass is 10.1. The second-order valence-electron chi connectivity index (χ2n) is 3.84. The maximum atomic E-state index is 13.5. The van der Waals surface area contributed by atoms with E-state index in [2.05, 4.69) is 20.9 Å². The molecule has 0 aliphatic heterocycles. The van der Waals surface area contributed by atoms with Gasteiger partial charge in [-0.1, -0.05) is 15.9 Å². The Kier molecular flexibility index (Phi) is 3.59. The van der Waals surface area contributed by atoms with Gasteiger partial charge in [0.1, 0.15) is 11.6 Å². The van der Waals surface area contributed by atoms with Crippen molar-refractivity contribution in [3.8, 4) is 0 Å². The van der Waals surface area contributed by atoms with Gasteiger partial charge in [0, 0.05) is 35.9 Å². The molecule has 90 valence electrons. The number of hydrogen-bond donors (Lipinski definition) is 1. The van der Waals surface area contributed by atoms with E-state index >= 15 is 0 Å². The Morgan fingerprint density at radius 1 is 1.53 bits per heavy atom. The third-order valence-corrected chi connectivity index (χ3v) is 3.11. The van der Waals surface area contributed by atoms with Gasteiger partial charge in [-0.05, 0) is 18.2 Å². The van der Waals surface area contributed by atoms with E-state index in [-0.39, 0.29) is 12.0 Å². The van der Waals surface area contributed by atoms with Crippen LogP contribution in [0.5, 0.6) is 0 Å². The second kappa shape index (κ2) is 4.98. The quantitative estimate of drug-likeness (QED) is 0.946. The van der Waals surface area contributed by atoms with E-state index in [1.165, 1.54) is 6.07 Å². The summed E-state index contributed by atoms with van der Waals surface area (Å²) in [4.78, 5) is 4.10. The fourth-order valence-electron chi connectivity index (χ4n) is 1.65. The van der Waals surface area contributed by atoms with Crippen molar-refractivity contribution in [3.05, 3.63) is 52.3 Å². The molecule has 1 aromatic carbocycles. The molecule has 0 aliphatic rings. The molecule has 0 radical (unpaired) electrons. The molecule has 1 N–H and O–H groups in total. The summed E-state index contributed by atoms with van der Waals surface area (Å²) in [5.41, 5.74) is 0.280. The Hall–Kier alpha value is -1.20. The number of rotatable bonds is 3. The van der Waals surface area contributed by atoms with Gasteiger partial charge in [0.05, 0.1) is 6.10 Å². The summed E-state index contributed by atoms with van der Waals surface area (Å²) < 4.78 is 16.1. The van der Waals surface area contributed by atoms with Crippen molar-refractivity contribution in [1.82, 2.24) is 9.55 Å². The molecule has 0 aliphatic carbocycles. The smallest absolute Gasteiger partial charge is 0.129 e. The van der Waals surface area contributed by atoms with E-state index in [1.807, 2.05) is 7.05 Å². The number of nitrogens with zero attached hydrogens (tertiary/aromatic N) is 2. The van der Waals surface area contributed by atoms with Gasteiger partial charge in [-0.3, -0.25) is 0 Å². The predicted octanol–water partition coefficient (Wildman–Crippen LogP) is 2.60. The summed E-state index contributed by atoms with van der Waals surface area (Å²) in [5, 5.41) is 10.0. The summed E-state index contributed by atoms with van der Waals surface area (Å²) in [7, 11) is 1.84. The molecule has 2 rings (SSSR count). The molecule has 0 saturated carbocycles. The lowest BCUT2D eigenvalue weighted by molar-refractivity contribution is 0.170. The zero-order valence-electron chi connectivity index (χ0n) is 9.27. The van der Waals surface area contributed by atoms with Crippen LogP contribution < -0.4 is 0 Å². The number of aliphatic hydroxyl groups is 1. The molecule has 1 aromatic heterocycles. The van der Waals surface area contributed by atoms with E-state index in [4.69, 9.17) is 0 Å². The third kappa shape index (κ3) is 2.73. The van der Waals surface area contributed by atoms with Crippen molar-refractivity contribution in [1.29, 1.82) is 0 Å². The monoisotopic (exact) mass is 298 g/mol. The first-order valence-corrected chi connectivity index (χ1v) is 5.96. The SMILES string of the molecule is Cn1ccnc1CC(O)c1cc(Br)ccc1F. The molecule has 0 bridgehead atoms. The minimum Gasteiger partial charge on any atom is -0.388 e. The average Bonchev–Trinajstić information content (AvgIpc) is 2.68. The van der Waals surface area contributed by atoms with E-state index in [0.717, 1.165) is 10.3 Å². The Morgan fingerprint density at radius 2 is 2.29 bits per heavy atom. The highest BCUT2D eigenvalue weighted by Crippen LogP contribution is 2.23. The Labute approximate surface area is 107 Å². The van der Waals surface area contributed by atoms with Crippen molar-refractivity contribution < 1.29 is 9.50 Å². The van der Waals surface area contributed by atoms with E-state index < -0.39 is 11.9 Å². The molecule has 0 spiro atoms. The van der Waals surface area contributed by atoms with Crippen LogP contribution in [0, 0.1) is 5.82 Å². The normalized spacial score (nSPS) is 12.7. The molecule has 1 heterocycles. The van der Waals surface area contributed by atoms with Gasteiger partial charge >= 0.3 is 0 Å². The Bertz CT molecular complexity index is 527. The fourth-order valence-corrected chi connectivity index (χ4v) is 2.02. The highest BCUT2D eigenvalue weighted by molar-refractivity contribution is 9.10. The van der Waals surface area contributed by atoms with E-state index in [1.54, 1.807) is 29.1 Å². The van der Waals surface area contributed by atoms with Crippen LogP contribution in [0.2, 0.25) is 0 Å². The van der Waals surface area contributed by atoms with Crippen LogP contribution >= 0.6 is 15.9 Å². The highest BCUT2D eigenvalue weighted by Gasteiger charge is 2.15. The lowest BCUT2D eigenvalue weighted by Crippen LogP contribution is -2.08. The Morgan fingerprint density at radius 3 is 2.94 bits per heavy atom. The van der Waals surface area contributed by atoms with Crippen LogP contribution in [0.3, 0.4) is 0 Å². The van der Waals surface area contributed by atoms with Crippen LogP contribution in [-0.2, 0) is 13.5 Å². The number of benzene rings is 1. The molecule has 1 unspecified atom stereocenters.